The highest BCUT2D eigenvalue weighted by molar-refractivity contribution is 7.19. The monoisotopic (exact) mass is 444 g/mol. The Kier molecular flexibility index (Phi) is 5.47. The van der Waals surface area contributed by atoms with Gasteiger partial charge in [0, 0.05) is 37.2 Å². The molecule has 1 amide bonds. The summed E-state index contributed by atoms with van der Waals surface area (Å²) in [6.45, 7) is 3.52. The van der Waals surface area contributed by atoms with Crippen molar-refractivity contribution in [3.05, 3.63) is 71.5 Å². The zero-order valence-electron chi connectivity index (χ0n) is 18.5. The van der Waals surface area contributed by atoms with Gasteiger partial charge in [-0.3, -0.25) is 4.79 Å². The average Bonchev–Trinajstić information content (AvgIpc) is 3.44. The van der Waals surface area contributed by atoms with Crippen molar-refractivity contribution in [2.75, 3.05) is 18.8 Å². The topological polar surface area (TPSA) is 64.2 Å². The summed E-state index contributed by atoms with van der Waals surface area (Å²) in [5.41, 5.74) is 11.2. The Hall–Kier alpha value is -3.12. The van der Waals surface area contributed by atoms with Gasteiger partial charge in [-0.25, -0.2) is 4.98 Å². The molecule has 0 atom stereocenters. The highest BCUT2D eigenvalue weighted by Gasteiger charge is 2.30. The number of rotatable bonds is 7. The van der Waals surface area contributed by atoms with Crippen LogP contribution in [-0.4, -0.2) is 33.4 Å². The second-order valence-electron chi connectivity index (χ2n) is 8.83. The molecule has 2 aromatic heterocycles. The summed E-state index contributed by atoms with van der Waals surface area (Å²) < 4.78 is 2.16. The normalized spacial score (nSPS) is 13.6. The van der Waals surface area contributed by atoms with Crippen molar-refractivity contribution >= 4 is 33.3 Å². The Labute approximate surface area is 192 Å². The summed E-state index contributed by atoms with van der Waals surface area (Å²) >= 11 is 1.39. The van der Waals surface area contributed by atoms with Gasteiger partial charge in [-0.05, 0) is 49.3 Å². The molecular weight excluding hydrogens is 416 g/mol. The number of hydrogen-bond acceptors (Lipinski definition) is 4. The quantitative estimate of drug-likeness (QED) is 0.421. The van der Waals surface area contributed by atoms with Crippen LogP contribution >= 0.6 is 11.3 Å². The summed E-state index contributed by atoms with van der Waals surface area (Å²) in [7, 11) is 2.07. The van der Waals surface area contributed by atoms with E-state index in [2.05, 4.69) is 66.1 Å². The van der Waals surface area contributed by atoms with Gasteiger partial charge in [-0.2, -0.15) is 0 Å². The molecule has 5 rings (SSSR count). The van der Waals surface area contributed by atoms with Gasteiger partial charge in [0.05, 0.1) is 4.88 Å². The minimum atomic E-state index is -0.0124. The van der Waals surface area contributed by atoms with E-state index in [0.717, 1.165) is 29.0 Å². The number of fused-ring (bicyclic) bond motifs is 1. The van der Waals surface area contributed by atoms with Gasteiger partial charge in [-0.1, -0.05) is 59.4 Å². The van der Waals surface area contributed by atoms with Crippen LogP contribution in [0.5, 0.6) is 0 Å². The standard InChI is InChI=1S/C26H28N4OS/c1-17-6-5-7-19(14-17)24-23(28-26(27)32-24)25(31)30(15-18-10-11-18)13-12-20-16-29(2)22-9-4-3-8-21(20)22/h3-9,14,16,18H,10-13,15H2,1-2H3,(H2,27,28). The molecule has 0 spiro atoms. The van der Waals surface area contributed by atoms with Gasteiger partial charge < -0.3 is 15.2 Å². The Balaban J connectivity index is 1.43. The minimum Gasteiger partial charge on any atom is -0.375 e. The summed E-state index contributed by atoms with van der Waals surface area (Å²) in [6, 6.07) is 16.6. The van der Waals surface area contributed by atoms with E-state index >= 15 is 0 Å². The highest BCUT2D eigenvalue weighted by atomic mass is 32.1. The molecule has 0 unspecified atom stereocenters. The summed E-state index contributed by atoms with van der Waals surface area (Å²) in [5.74, 6) is 0.589. The third kappa shape index (κ3) is 4.15. The molecule has 32 heavy (non-hydrogen) atoms. The van der Waals surface area contributed by atoms with Crippen LogP contribution < -0.4 is 5.73 Å². The highest BCUT2D eigenvalue weighted by Crippen LogP contribution is 2.35. The number of benzene rings is 2. The van der Waals surface area contributed by atoms with Gasteiger partial charge >= 0.3 is 0 Å². The number of nitrogen functional groups attached to an aromatic ring is 1. The molecule has 2 aromatic carbocycles. The Morgan fingerprint density at radius 1 is 1.22 bits per heavy atom. The fraction of sp³-hybridized carbons (Fsp3) is 0.308. The van der Waals surface area contributed by atoms with Crippen molar-refractivity contribution in [2.24, 2.45) is 13.0 Å². The molecule has 0 bridgehead atoms. The number of para-hydroxylation sites is 1. The fourth-order valence-corrected chi connectivity index (χ4v) is 5.20. The molecule has 6 heteroatoms. The lowest BCUT2D eigenvalue weighted by atomic mass is 10.1. The third-order valence-corrected chi connectivity index (χ3v) is 7.15. The molecule has 0 aliphatic heterocycles. The number of nitrogens with zero attached hydrogens (tertiary/aromatic N) is 3. The maximum absolute atomic E-state index is 13.7. The number of anilines is 1. The molecule has 4 aromatic rings. The first-order valence-corrected chi connectivity index (χ1v) is 12.0. The molecule has 0 radical (unpaired) electrons. The number of carbonyl (C=O) groups excluding carboxylic acids is 1. The summed E-state index contributed by atoms with van der Waals surface area (Å²) in [4.78, 5) is 21.0. The number of thiazole rings is 1. The second kappa shape index (κ2) is 8.43. The van der Waals surface area contributed by atoms with E-state index in [4.69, 9.17) is 5.73 Å². The summed E-state index contributed by atoms with van der Waals surface area (Å²) in [6.07, 6.45) is 5.40. The van der Waals surface area contributed by atoms with E-state index in [-0.39, 0.29) is 5.91 Å². The van der Waals surface area contributed by atoms with Crippen LogP contribution in [0, 0.1) is 12.8 Å². The lowest BCUT2D eigenvalue weighted by Gasteiger charge is -2.22. The molecule has 2 heterocycles. The van der Waals surface area contributed by atoms with Crippen LogP contribution in [0.25, 0.3) is 21.3 Å². The first kappa shape index (κ1) is 20.8. The number of amides is 1. The Morgan fingerprint density at radius 2 is 2.03 bits per heavy atom. The maximum atomic E-state index is 13.7. The van der Waals surface area contributed by atoms with Crippen LogP contribution in [0.1, 0.15) is 34.5 Å². The van der Waals surface area contributed by atoms with E-state index in [9.17, 15) is 4.79 Å². The van der Waals surface area contributed by atoms with E-state index in [1.165, 1.54) is 40.6 Å². The van der Waals surface area contributed by atoms with Crippen LogP contribution in [0.15, 0.2) is 54.7 Å². The average molecular weight is 445 g/mol. The maximum Gasteiger partial charge on any atom is 0.274 e. The Bertz CT molecular complexity index is 1280. The lowest BCUT2D eigenvalue weighted by Crippen LogP contribution is -2.35. The first-order valence-electron chi connectivity index (χ1n) is 11.1. The van der Waals surface area contributed by atoms with Crippen LogP contribution in [0.3, 0.4) is 0 Å². The van der Waals surface area contributed by atoms with Crippen molar-refractivity contribution in [2.45, 2.75) is 26.2 Å². The predicted molar refractivity (Wildman–Crippen MR) is 132 cm³/mol. The molecule has 5 nitrogen and oxygen atoms in total. The SMILES string of the molecule is Cc1cccc(-c2sc(N)nc2C(=O)N(CCc2cn(C)c3ccccc23)CC2CC2)c1. The van der Waals surface area contributed by atoms with Gasteiger partial charge in [0.25, 0.3) is 5.91 Å². The number of hydrogen-bond donors (Lipinski definition) is 1. The predicted octanol–water partition coefficient (Wildman–Crippen LogP) is 5.29. The largest absolute Gasteiger partial charge is 0.375 e. The molecule has 2 N–H and O–H groups in total. The Morgan fingerprint density at radius 3 is 2.81 bits per heavy atom. The van der Waals surface area contributed by atoms with Crippen molar-refractivity contribution < 1.29 is 4.79 Å². The minimum absolute atomic E-state index is 0.0124. The number of aromatic nitrogens is 2. The lowest BCUT2D eigenvalue weighted by molar-refractivity contribution is 0.0745. The van der Waals surface area contributed by atoms with Crippen molar-refractivity contribution in [1.82, 2.24) is 14.5 Å². The third-order valence-electron chi connectivity index (χ3n) is 6.22. The van der Waals surface area contributed by atoms with Crippen LogP contribution in [-0.2, 0) is 13.5 Å². The molecule has 164 valence electrons. The molecular formula is C26H28N4OS. The molecule has 0 saturated heterocycles. The van der Waals surface area contributed by atoms with Crippen molar-refractivity contribution in [1.29, 1.82) is 0 Å². The molecule has 1 aliphatic carbocycles. The van der Waals surface area contributed by atoms with Crippen molar-refractivity contribution in [3.63, 3.8) is 0 Å². The molecule has 1 aliphatic rings. The molecule has 1 saturated carbocycles. The number of carbonyl (C=O) groups is 1. The van der Waals surface area contributed by atoms with Gasteiger partial charge in [0.1, 0.15) is 5.69 Å². The van der Waals surface area contributed by atoms with Crippen LogP contribution in [0.2, 0.25) is 0 Å². The van der Waals surface area contributed by atoms with Crippen molar-refractivity contribution in [3.8, 4) is 10.4 Å². The van der Waals surface area contributed by atoms with E-state index in [0.29, 0.717) is 23.3 Å². The van der Waals surface area contributed by atoms with Crippen LogP contribution in [0.4, 0.5) is 5.13 Å². The van der Waals surface area contributed by atoms with E-state index in [1.54, 1.807) is 0 Å². The zero-order chi connectivity index (χ0) is 22.2. The zero-order valence-corrected chi connectivity index (χ0v) is 19.4. The smallest absolute Gasteiger partial charge is 0.274 e. The van der Waals surface area contributed by atoms with E-state index < -0.39 is 0 Å². The van der Waals surface area contributed by atoms with Gasteiger partial charge in [0.2, 0.25) is 0 Å². The van der Waals surface area contributed by atoms with E-state index in [1.807, 2.05) is 17.0 Å². The van der Waals surface area contributed by atoms with Gasteiger partial charge in [0.15, 0.2) is 5.13 Å². The number of aryl methyl sites for hydroxylation is 2. The summed E-state index contributed by atoms with van der Waals surface area (Å²) in [5, 5.41) is 1.69. The number of nitrogens with two attached hydrogens (primary N) is 1. The second-order valence-corrected chi connectivity index (χ2v) is 9.86. The van der Waals surface area contributed by atoms with Gasteiger partial charge in [-0.15, -0.1) is 0 Å². The molecule has 1 fully saturated rings. The first-order chi connectivity index (χ1) is 15.5. The fourth-order valence-electron chi connectivity index (χ4n) is 4.38.